The second-order valence-corrected chi connectivity index (χ2v) is 6.06. The fourth-order valence-electron chi connectivity index (χ4n) is 1.18. The lowest BCUT2D eigenvalue weighted by atomic mass is 10.4. The molecule has 0 heterocycles. The minimum absolute atomic E-state index is 0.0315. The highest BCUT2D eigenvalue weighted by atomic mass is 32.2. The van der Waals surface area contributed by atoms with Gasteiger partial charge in [-0.1, -0.05) is 6.92 Å². The summed E-state index contributed by atoms with van der Waals surface area (Å²) in [6.45, 7) is 5.90. The first-order valence-electron chi connectivity index (χ1n) is 5.52. The summed E-state index contributed by atoms with van der Waals surface area (Å²) in [6.07, 6.45) is 0. The fourth-order valence-corrected chi connectivity index (χ4v) is 2.29. The molecule has 0 aliphatic rings. The Morgan fingerprint density at radius 2 is 1.94 bits per heavy atom. The Bertz CT molecular complexity index is 254. The highest BCUT2D eigenvalue weighted by Crippen LogP contribution is 1.93. The van der Waals surface area contributed by atoms with Gasteiger partial charge in [-0.3, -0.25) is 0 Å². The Morgan fingerprint density at radius 3 is 2.50 bits per heavy atom. The van der Waals surface area contributed by atoms with Crippen molar-refractivity contribution in [2.75, 3.05) is 45.0 Å². The third-order valence-corrected chi connectivity index (χ3v) is 4.00. The molecule has 1 N–H and O–H groups in total. The van der Waals surface area contributed by atoms with Gasteiger partial charge < -0.3 is 14.8 Å². The second kappa shape index (κ2) is 8.92. The molecule has 1 unspecified atom stereocenters. The van der Waals surface area contributed by atoms with E-state index in [-0.39, 0.29) is 17.5 Å². The fraction of sp³-hybridized carbons (Fsp3) is 1.00. The van der Waals surface area contributed by atoms with Crippen LogP contribution >= 0.6 is 0 Å². The van der Waals surface area contributed by atoms with Crippen molar-refractivity contribution < 1.29 is 17.9 Å². The molecule has 0 saturated heterocycles. The molecule has 0 aromatic rings. The van der Waals surface area contributed by atoms with Gasteiger partial charge in [0, 0.05) is 25.4 Å². The highest BCUT2D eigenvalue weighted by Gasteiger charge is 2.12. The van der Waals surface area contributed by atoms with Crippen molar-refractivity contribution in [2.45, 2.75) is 19.9 Å². The topological polar surface area (TPSA) is 64.6 Å². The first-order chi connectivity index (χ1) is 7.52. The molecule has 6 heteroatoms. The molecular formula is C10H23NO4S. The van der Waals surface area contributed by atoms with Crippen molar-refractivity contribution in [1.82, 2.24) is 5.32 Å². The molecule has 0 aromatic carbocycles. The monoisotopic (exact) mass is 253 g/mol. The highest BCUT2D eigenvalue weighted by molar-refractivity contribution is 7.91. The van der Waals surface area contributed by atoms with Crippen molar-refractivity contribution >= 4 is 9.84 Å². The van der Waals surface area contributed by atoms with Gasteiger partial charge in [-0.2, -0.15) is 0 Å². The van der Waals surface area contributed by atoms with E-state index in [1.54, 1.807) is 14.0 Å². The summed E-state index contributed by atoms with van der Waals surface area (Å²) < 4.78 is 32.7. The molecule has 0 aromatic heterocycles. The van der Waals surface area contributed by atoms with Crippen LogP contribution in [0.25, 0.3) is 0 Å². The minimum Gasteiger partial charge on any atom is -0.382 e. The van der Waals surface area contributed by atoms with Crippen LogP contribution in [0.15, 0.2) is 0 Å². The van der Waals surface area contributed by atoms with Gasteiger partial charge in [0.25, 0.3) is 0 Å². The first kappa shape index (κ1) is 15.8. The Hall–Kier alpha value is -0.170. The SMILES string of the molecule is CCS(=O)(=O)CC(C)NCCOCCOC. The Morgan fingerprint density at radius 1 is 1.25 bits per heavy atom. The van der Waals surface area contributed by atoms with Gasteiger partial charge >= 0.3 is 0 Å². The van der Waals surface area contributed by atoms with Gasteiger partial charge in [-0.15, -0.1) is 0 Å². The molecule has 16 heavy (non-hydrogen) atoms. The van der Waals surface area contributed by atoms with Gasteiger partial charge in [0.1, 0.15) is 0 Å². The molecule has 1 atom stereocenters. The van der Waals surface area contributed by atoms with E-state index in [9.17, 15) is 8.42 Å². The maximum atomic E-state index is 11.3. The van der Waals surface area contributed by atoms with Crippen LogP contribution in [0, 0.1) is 0 Å². The van der Waals surface area contributed by atoms with Crippen molar-refractivity contribution in [2.24, 2.45) is 0 Å². The summed E-state index contributed by atoms with van der Waals surface area (Å²) in [5.41, 5.74) is 0. The van der Waals surface area contributed by atoms with Crippen molar-refractivity contribution in [3.05, 3.63) is 0 Å². The van der Waals surface area contributed by atoms with E-state index < -0.39 is 9.84 Å². The van der Waals surface area contributed by atoms with Gasteiger partial charge in [0.05, 0.1) is 25.6 Å². The third-order valence-electron chi connectivity index (χ3n) is 2.11. The normalized spacial score (nSPS) is 13.9. The zero-order valence-electron chi connectivity index (χ0n) is 10.4. The van der Waals surface area contributed by atoms with E-state index >= 15 is 0 Å². The minimum atomic E-state index is -2.89. The molecule has 0 saturated carbocycles. The molecule has 98 valence electrons. The van der Waals surface area contributed by atoms with E-state index in [1.807, 2.05) is 6.92 Å². The number of hydrogen-bond acceptors (Lipinski definition) is 5. The van der Waals surface area contributed by atoms with E-state index in [1.165, 1.54) is 0 Å². The Kier molecular flexibility index (Phi) is 8.83. The molecule has 0 amide bonds. The molecule has 0 bridgehead atoms. The van der Waals surface area contributed by atoms with Gasteiger partial charge in [0.2, 0.25) is 0 Å². The zero-order valence-corrected chi connectivity index (χ0v) is 11.2. The number of rotatable bonds is 10. The Labute approximate surface area is 98.4 Å². The van der Waals surface area contributed by atoms with Crippen molar-refractivity contribution in [3.63, 3.8) is 0 Å². The first-order valence-corrected chi connectivity index (χ1v) is 7.34. The summed E-state index contributed by atoms with van der Waals surface area (Å²) >= 11 is 0. The van der Waals surface area contributed by atoms with Gasteiger partial charge in [-0.25, -0.2) is 8.42 Å². The van der Waals surface area contributed by atoms with E-state index in [0.717, 1.165) is 0 Å². The van der Waals surface area contributed by atoms with Crippen LogP contribution < -0.4 is 5.32 Å². The van der Waals surface area contributed by atoms with Crippen LogP contribution in [0.1, 0.15) is 13.8 Å². The van der Waals surface area contributed by atoms with E-state index in [2.05, 4.69) is 5.32 Å². The molecule has 0 radical (unpaired) electrons. The maximum absolute atomic E-state index is 11.3. The molecule has 0 aliphatic carbocycles. The summed E-state index contributed by atoms with van der Waals surface area (Å²) in [5, 5.41) is 3.10. The number of methoxy groups -OCH3 is 1. The van der Waals surface area contributed by atoms with E-state index in [0.29, 0.717) is 26.4 Å². The summed E-state index contributed by atoms with van der Waals surface area (Å²) in [5.74, 6) is 0.380. The number of hydrogen-bond donors (Lipinski definition) is 1. The Balaban J connectivity index is 3.48. The van der Waals surface area contributed by atoms with Crippen LogP contribution in [0.5, 0.6) is 0 Å². The molecule has 0 fully saturated rings. The standard InChI is InChI=1S/C10H23NO4S/c1-4-16(12,13)9-10(2)11-5-6-15-8-7-14-3/h10-11H,4-9H2,1-3H3. The predicted molar refractivity (Wildman–Crippen MR) is 64.5 cm³/mol. The molecule has 0 spiro atoms. The lowest BCUT2D eigenvalue weighted by Gasteiger charge is -2.13. The van der Waals surface area contributed by atoms with Crippen LogP contribution in [-0.4, -0.2) is 59.4 Å². The predicted octanol–water partition coefficient (Wildman–Crippen LogP) is 0.0622. The summed E-state index contributed by atoms with van der Waals surface area (Å²) in [7, 11) is -1.27. The van der Waals surface area contributed by atoms with Crippen molar-refractivity contribution in [3.8, 4) is 0 Å². The van der Waals surface area contributed by atoms with Gasteiger partial charge in [0.15, 0.2) is 9.84 Å². The van der Waals surface area contributed by atoms with Crippen LogP contribution in [0.2, 0.25) is 0 Å². The largest absolute Gasteiger partial charge is 0.382 e. The molecule has 0 aliphatic heterocycles. The molecular weight excluding hydrogens is 230 g/mol. The number of sulfone groups is 1. The zero-order chi connectivity index (χ0) is 12.4. The number of nitrogens with one attached hydrogen (secondary N) is 1. The van der Waals surface area contributed by atoms with Crippen LogP contribution in [0.3, 0.4) is 0 Å². The van der Waals surface area contributed by atoms with Gasteiger partial charge in [-0.05, 0) is 6.92 Å². The number of ether oxygens (including phenoxy) is 2. The average Bonchev–Trinajstić information content (AvgIpc) is 2.22. The maximum Gasteiger partial charge on any atom is 0.151 e. The quantitative estimate of drug-likeness (QED) is 0.558. The third kappa shape index (κ3) is 9.08. The van der Waals surface area contributed by atoms with Crippen molar-refractivity contribution in [1.29, 1.82) is 0 Å². The van der Waals surface area contributed by atoms with Crippen LogP contribution in [-0.2, 0) is 19.3 Å². The molecule has 5 nitrogen and oxygen atoms in total. The lowest BCUT2D eigenvalue weighted by Crippen LogP contribution is -2.35. The van der Waals surface area contributed by atoms with Crippen LogP contribution in [0.4, 0.5) is 0 Å². The lowest BCUT2D eigenvalue weighted by molar-refractivity contribution is 0.0714. The summed E-state index contributed by atoms with van der Waals surface area (Å²) in [6, 6.07) is -0.0315. The summed E-state index contributed by atoms with van der Waals surface area (Å²) in [4.78, 5) is 0. The molecule has 0 rings (SSSR count). The average molecular weight is 253 g/mol. The second-order valence-electron chi connectivity index (χ2n) is 3.66. The smallest absolute Gasteiger partial charge is 0.151 e. The van der Waals surface area contributed by atoms with E-state index in [4.69, 9.17) is 9.47 Å².